The van der Waals surface area contributed by atoms with Crippen LogP contribution < -0.4 is 11.1 Å². The van der Waals surface area contributed by atoms with Gasteiger partial charge in [0.05, 0.1) is 5.54 Å². The molecule has 2 aromatic rings. The Kier molecular flexibility index (Phi) is 4.43. The first kappa shape index (κ1) is 15.3. The van der Waals surface area contributed by atoms with Crippen molar-refractivity contribution in [3.8, 4) is 0 Å². The van der Waals surface area contributed by atoms with Crippen molar-refractivity contribution in [3.63, 3.8) is 0 Å². The van der Waals surface area contributed by atoms with Gasteiger partial charge in [-0.25, -0.2) is 4.98 Å². The van der Waals surface area contributed by atoms with E-state index in [0.29, 0.717) is 6.54 Å². The highest BCUT2D eigenvalue weighted by Gasteiger charge is 2.25. The first-order chi connectivity index (χ1) is 9.92. The zero-order chi connectivity index (χ0) is 15.5. The largest absolute Gasteiger partial charge is 0.363 e. The van der Waals surface area contributed by atoms with Crippen molar-refractivity contribution in [1.29, 1.82) is 0 Å². The molecule has 21 heavy (non-hydrogen) atoms. The standard InChI is InChI=1S/C16H21N4O/c1-12(13-7-5-4-6-8-13)19-11-16(2,3)20-10-9-18-15(20)14(17)21/h4-8,10,12,19H,11H2,1-3H3,(H2,17,21). The second kappa shape index (κ2) is 6.10. The molecule has 0 aliphatic heterocycles. The van der Waals surface area contributed by atoms with Gasteiger partial charge in [-0.1, -0.05) is 30.3 Å². The third-order valence-electron chi connectivity index (χ3n) is 3.60. The molecule has 3 N–H and O–H groups in total. The second-order valence-electron chi connectivity index (χ2n) is 5.75. The van der Waals surface area contributed by atoms with Gasteiger partial charge in [0.25, 0.3) is 5.91 Å². The summed E-state index contributed by atoms with van der Waals surface area (Å²) in [5.41, 5.74) is 6.23. The van der Waals surface area contributed by atoms with Crippen molar-refractivity contribution in [3.05, 3.63) is 54.1 Å². The minimum atomic E-state index is -0.541. The van der Waals surface area contributed by atoms with Crippen molar-refractivity contribution < 1.29 is 4.79 Å². The van der Waals surface area contributed by atoms with Gasteiger partial charge in [0.15, 0.2) is 5.82 Å². The Labute approximate surface area is 125 Å². The Morgan fingerprint density at radius 1 is 1.43 bits per heavy atom. The van der Waals surface area contributed by atoms with Crippen LogP contribution in [-0.2, 0) is 5.54 Å². The van der Waals surface area contributed by atoms with E-state index in [1.165, 1.54) is 5.56 Å². The third-order valence-corrected chi connectivity index (χ3v) is 3.60. The van der Waals surface area contributed by atoms with Gasteiger partial charge in [0.1, 0.15) is 6.20 Å². The molecular formula is C16H21N4O. The zero-order valence-electron chi connectivity index (χ0n) is 12.6. The molecule has 1 unspecified atom stereocenters. The van der Waals surface area contributed by atoms with E-state index in [0.717, 1.165) is 0 Å². The summed E-state index contributed by atoms with van der Waals surface area (Å²) >= 11 is 0. The highest BCUT2D eigenvalue weighted by molar-refractivity contribution is 5.89. The summed E-state index contributed by atoms with van der Waals surface area (Å²) < 4.78 is 1.76. The topological polar surface area (TPSA) is 72.9 Å². The number of carbonyl (C=O) groups excluding carboxylic acids is 1. The monoisotopic (exact) mass is 285 g/mol. The van der Waals surface area contributed by atoms with Crippen molar-refractivity contribution >= 4 is 5.91 Å². The van der Waals surface area contributed by atoms with E-state index >= 15 is 0 Å². The van der Waals surface area contributed by atoms with E-state index in [1.807, 2.05) is 32.0 Å². The third kappa shape index (κ3) is 3.49. The Bertz CT molecular complexity index is 604. The lowest BCUT2D eigenvalue weighted by atomic mass is 10.0. The number of aromatic nitrogens is 2. The molecule has 5 heteroatoms. The summed E-state index contributed by atoms with van der Waals surface area (Å²) in [6.07, 6.45) is 4.35. The Morgan fingerprint density at radius 2 is 2.10 bits per heavy atom. The summed E-state index contributed by atoms with van der Waals surface area (Å²) in [4.78, 5) is 15.3. The molecule has 1 amide bonds. The number of amides is 1. The van der Waals surface area contributed by atoms with Gasteiger partial charge in [0.2, 0.25) is 0 Å². The van der Waals surface area contributed by atoms with Crippen LogP contribution in [0.2, 0.25) is 0 Å². The molecule has 1 radical (unpaired) electrons. The number of rotatable bonds is 6. The van der Waals surface area contributed by atoms with Crippen LogP contribution in [0.4, 0.5) is 0 Å². The van der Waals surface area contributed by atoms with Gasteiger partial charge in [-0.15, -0.1) is 0 Å². The molecule has 0 fully saturated rings. The molecule has 1 aromatic carbocycles. The minimum Gasteiger partial charge on any atom is -0.363 e. The zero-order valence-corrected chi connectivity index (χ0v) is 12.6. The van der Waals surface area contributed by atoms with E-state index in [-0.39, 0.29) is 17.4 Å². The van der Waals surface area contributed by atoms with E-state index in [1.54, 1.807) is 10.8 Å². The van der Waals surface area contributed by atoms with Crippen molar-refractivity contribution in [2.45, 2.75) is 32.4 Å². The maximum absolute atomic E-state index is 11.4. The normalized spacial score (nSPS) is 13.1. The molecule has 0 saturated heterocycles. The summed E-state index contributed by atoms with van der Waals surface area (Å²) in [6, 6.07) is 10.4. The van der Waals surface area contributed by atoms with Crippen molar-refractivity contribution in [2.24, 2.45) is 5.73 Å². The number of carbonyl (C=O) groups is 1. The van der Waals surface area contributed by atoms with Crippen LogP contribution in [0.1, 0.15) is 43.0 Å². The molecule has 0 saturated carbocycles. The van der Waals surface area contributed by atoms with Gasteiger partial charge < -0.3 is 15.6 Å². The maximum atomic E-state index is 11.4. The van der Waals surface area contributed by atoms with Crippen LogP contribution >= 0.6 is 0 Å². The number of imidazole rings is 1. The van der Waals surface area contributed by atoms with Gasteiger partial charge >= 0.3 is 0 Å². The molecule has 5 nitrogen and oxygen atoms in total. The summed E-state index contributed by atoms with van der Waals surface area (Å²) in [6.45, 7) is 6.84. The number of hydrogen-bond acceptors (Lipinski definition) is 3. The predicted octanol–water partition coefficient (Wildman–Crippen LogP) is 1.87. The Hall–Kier alpha value is -2.14. The molecule has 1 aromatic heterocycles. The molecular weight excluding hydrogens is 264 g/mol. The minimum absolute atomic E-state index is 0.218. The fourth-order valence-corrected chi connectivity index (χ4v) is 2.25. The Morgan fingerprint density at radius 3 is 2.71 bits per heavy atom. The van der Waals surface area contributed by atoms with Gasteiger partial charge in [-0.2, -0.15) is 0 Å². The lowest BCUT2D eigenvalue weighted by molar-refractivity contribution is 0.0978. The smallest absolute Gasteiger partial charge is 0.284 e. The van der Waals surface area contributed by atoms with Crippen molar-refractivity contribution in [1.82, 2.24) is 14.9 Å². The predicted molar refractivity (Wildman–Crippen MR) is 81.8 cm³/mol. The van der Waals surface area contributed by atoms with E-state index in [4.69, 9.17) is 5.73 Å². The number of primary amides is 1. The second-order valence-corrected chi connectivity index (χ2v) is 5.75. The SMILES string of the molecule is CC(NCC(C)(C)n1c[c]nc1C(N)=O)c1ccccc1. The number of benzene rings is 1. The van der Waals surface area contributed by atoms with Crippen LogP contribution in [0.25, 0.3) is 0 Å². The summed E-state index contributed by atoms with van der Waals surface area (Å²) in [5, 5.41) is 3.48. The first-order valence-corrected chi connectivity index (χ1v) is 6.96. The Balaban J connectivity index is 2.07. The van der Waals surface area contributed by atoms with Gasteiger partial charge in [-0.05, 0) is 26.3 Å². The fraction of sp³-hybridized carbons (Fsp3) is 0.375. The summed E-state index contributed by atoms with van der Waals surface area (Å²) in [7, 11) is 0. The van der Waals surface area contributed by atoms with E-state index < -0.39 is 5.91 Å². The van der Waals surface area contributed by atoms with Crippen LogP contribution in [0.5, 0.6) is 0 Å². The number of hydrogen-bond donors (Lipinski definition) is 2. The highest BCUT2D eigenvalue weighted by atomic mass is 16.1. The molecule has 0 bridgehead atoms. The van der Waals surface area contributed by atoms with Gasteiger partial charge in [-0.3, -0.25) is 4.79 Å². The van der Waals surface area contributed by atoms with Crippen LogP contribution in [0.3, 0.4) is 0 Å². The highest BCUT2D eigenvalue weighted by Crippen LogP contribution is 2.18. The van der Waals surface area contributed by atoms with Crippen LogP contribution in [0.15, 0.2) is 36.5 Å². The van der Waals surface area contributed by atoms with Crippen LogP contribution in [-0.4, -0.2) is 22.0 Å². The lowest BCUT2D eigenvalue weighted by Gasteiger charge is -2.30. The molecule has 1 heterocycles. The molecule has 0 aliphatic carbocycles. The fourth-order valence-electron chi connectivity index (χ4n) is 2.25. The molecule has 2 rings (SSSR count). The molecule has 111 valence electrons. The average Bonchev–Trinajstić information content (AvgIpc) is 2.96. The average molecular weight is 285 g/mol. The first-order valence-electron chi connectivity index (χ1n) is 6.96. The van der Waals surface area contributed by atoms with Gasteiger partial charge in [0, 0.05) is 18.8 Å². The number of nitrogens with zero attached hydrogens (tertiary/aromatic N) is 2. The molecule has 1 atom stereocenters. The lowest BCUT2D eigenvalue weighted by Crippen LogP contribution is -2.41. The number of nitrogens with one attached hydrogen (secondary N) is 1. The summed E-state index contributed by atoms with van der Waals surface area (Å²) in [5.74, 6) is -0.311. The van der Waals surface area contributed by atoms with Crippen LogP contribution in [0, 0.1) is 6.20 Å². The van der Waals surface area contributed by atoms with Crippen molar-refractivity contribution in [2.75, 3.05) is 6.54 Å². The van der Waals surface area contributed by atoms with E-state index in [2.05, 4.69) is 35.6 Å². The van der Waals surface area contributed by atoms with E-state index in [9.17, 15) is 4.79 Å². The molecule has 0 aliphatic rings. The maximum Gasteiger partial charge on any atom is 0.284 e. The number of nitrogens with two attached hydrogens (primary N) is 1. The molecule has 0 spiro atoms. The quantitative estimate of drug-likeness (QED) is 0.851.